The molecule has 0 bridgehead atoms. The predicted molar refractivity (Wildman–Crippen MR) is 84.9 cm³/mol. The number of H-pyrrole nitrogens is 1. The van der Waals surface area contributed by atoms with Crippen molar-refractivity contribution < 1.29 is 4.79 Å². The average Bonchev–Trinajstić information content (AvgIpc) is 3.11. The number of anilines is 1. The van der Waals surface area contributed by atoms with Gasteiger partial charge in [-0.2, -0.15) is 9.78 Å². The topological polar surface area (TPSA) is 92.8 Å². The normalized spacial score (nSPS) is 11.0. The van der Waals surface area contributed by atoms with E-state index in [1.54, 1.807) is 4.90 Å². The zero-order valence-corrected chi connectivity index (χ0v) is 12.6. The Kier molecular flexibility index (Phi) is 3.54. The standard InChI is InChI=1S/C15H18N6O/c1-3-20(4-2)14(22)10-9-17-21(13(10)16)15-18-11-7-5-6-8-12(11)19-15/h5-9H,3-4,16H2,1-2H3,(H,18,19). The summed E-state index contributed by atoms with van der Waals surface area (Å²) in [4.78, 5) is 21.7. The average molecular weight is 298 g/mol. The molecular formula is C15H18N6O. The van der Waals surface area contributed by atoms with Gasteiger partial charge in [-0.15, -0.1) is 0 Å². The molecule has 0 aliphatic heterocycles. The van der Waals surface area contributed by atoms with Crippen LogP contribution in [0.2, 0.25) is 0 Å². The van der Waals surface area contributed by atoms with Crippen LogP contribution in [0, 0.1) is 0 Å². The molecular weight excluding hydrogens is 280 g/mol. The van der Waals surface area contributed by atoms with Crippen LogP contribution >= 0.6 is 0 Å². The Balaban J connectivity index is 2.01. The van der Waals surface area contributed by atoms with E-state index in [2.05, 4.69) is 15.1 Å². The van der Waals surface area contributed by atoms with Crippen molar-refractivity contribution in [3.63, 3.8) is 0 Å². The van der Waals surface area contributed by atoms with E-state index in [9.17, 15) is 4.79 Å². The Labute approximate surface area is 127 Å². The number of fused-ring (bicyclic) bond motifs is 1. The Hall–Kier alpha value is -2.83. The summed E-state index contributed by atoms with van der Waals surface area (Å²) in [7, 11) is 0. The molecule has 0 radical (unpaired) electrons. The van der Waals surface area contributed by atoms with Gasteiger partial charge in [0.2, 0.25) is 5.95 Å². The Bertz CT molecular complexity index is 781. The van der Waals surface area contributed by atoms with Crippen LogP contribution in [-0.2, 0) is 0 Å². The fourth-order valence-corrected chi connectivity index (χ4v) is 2.41. The highest BCUT2D eigenvalue weighted by atomic mass is 16.2. The molecule has 3 aromatic rings. The number of para-hydroxylation sites is 2. The van der Waals surface area contributed by atoms with Crippen LogP contribution in [0.1, 0.15) is 24.2 Å². The van der Waals surface area contributed by atoms with Gasteiger partial charge >= 0.3 is 0 Å². The number of hydrogen-bond acceptors (Lipinski definition) is 4. The summed E-state index contributed by atoms with van der Waals surface area (Å²) in [5, 5.41) is 4.20. The summed E-state index contributed by atoms with van der Waals surface area (Å²) in [6, 6.07) is 7.66. The first-order valence-corrected chi connectivity index (χ1v) is 7.23. The van der Waals surface area contributed by atoms with Crippen LogP contribution in [0.25, 0.3) is 17.0 Å². The molecule has 0 fully saturated rings. The lowest BCUT2D eigenvalue weighted by molar-refractivity contribution is 0.0774. The predicted octanol–water partition coefficient (Wildman–Crippen LogP) is 1.81. The van der Waals surface area contributed by atoms with E-state index in [-0.39, 0.29) is 11.7 Å². The van der Waals surface area contributed by atoms with Crippen molar-refractivity contribution in [2.45, 2.75) is 13.8 Å². The fraction of sp³-hybridized carbons (Fsp3) is 0.267. The molecule has 0 unspecified atom stereocenters. The van der Waals surface area contributed by atoms with Gasteiger partial charge in [-0.25, -0.2) is 4.98 Å². The van der Waals surface area contributed by atoms with Crippen LogP contribution < -0.4 is 5.73 Å². The van der Waals surface area contributed by atoms with Crippen molar-refractivity contribution in [3.8, 4) is 5.95 Å². The van der Waals surface area contributed by atoms with Gasteiger partial charge in [0.1, 0.15) is 11.4 Å². The van der Waals surface area contributed by atoms with Gasteiger partial charge in [-0.1, -0.05) is 12.1 Å². The van der Waals surface area contributed by atoms with Gasteiger partial charge in [0.05, 0.1) is 17.2 Å². The first-order chi connectivity index (χ1) is 10.7. The number of benzene rings is 1. The van der Waals surface area contributed by atoms with Crippen LogP contribution in [0.15, 0.2) is 30.5 Å². The number of amides is 1. The number of hydrogen-bond donors (Lipinski definition) is 2. The smallest absolute Gasteiger partial charge is 0.259 e. The number of aromatic amines is 1. The van der Waals surface area contributed by atoms with Crippen molar-refractivity contribution in [2.24, 2.45) is 0 Å². The quantitative estimate of drug-likeness (QED) is 0.768. The Morgan fingerprint density at radius 1 is 1.32 bits per heavy atom. The molecule has 2 heterocycles. The molecule has 1 aromatic carbocycles. The molecule has 22 heavy (non-hydrogen) atoms. The van der Waals surface area contributed by atoms with Crippen LogP contribution in [0.5, 0.6) is 0 Å². The lowest BCUT2D eigenvalue weighted by atomic mass is 10.3. The van der Waals surface area contributed by atoms with Gasteiger partial charge in [-0.05, 0) is 26.0 Å². The van der Waals surface area contributed by atoms with E-state index in [0.717, 1.165) is 11.0 Å². The SMILES string of the molecule is CCN(CC)C(=O)c1cnn(-c2nc3ccccc3[nH]2)c1N. The molecule has 3 N–H and O–H groups in total. The lowest BCUT2D eigenvalue weighted by Gasteiger charge is -2.17. The number of carbonyl (C=O) groups is 1. The summed E-state index contributed by atoms with van der Waals surface area (Å²) in [6.07, 6.45) is 1.49. The first-order valence-electron chi connectivity index (χ1n) is 7.23. The number of aromatic nitrogens is 4. The summed E-state index contributed by atoms with van der Waals surface area (Å²) >= 11 is 0. The third-order valence-corrected chi connectivity index (χ3v) is 3.67. The maximum Gasteiger partial charge on any atom is 0.259 e. The van der Waals surface area contributed by atoms with Crippen LogP contribution in [-0.4, -0.2) is 43.6 Å². The number of nitrogens with one attached hydrogen (secondary N) is 1. The number of nitrogen functional groups attached to an aromatic ring is 1. The number of carbonyl (C=O) groups excluding carboxylic acids is 1. The van der Waals surface area contributed by atoms with E-state index >= 15 is 0 Å². The van der Waals surface area contributed by atoms with Crippen LogP contribution in [0.3, 0.4) is 0 Å². The number of rotatable bonds is 4. The Morgan fingerprint density at radius 2 is 2.05 bits per heavy atom. The van der Waals surface area contributed by atoms with Gasteiger partial charge < -0.3 is 15.6 Å². The van der Waals surface area contributed by atoms with Gasteiger partial charge in [0.15, 0.2) is 0 Å². The van der Waals surface area contributed by atoms with E-state index in [0.29, 0.717) is 24.6 Å². The third-order valence-electron chi connectivity index (χ3n) is 3.67. The summed E-state index contributed by atoms with van der Waals surface area (Å²) in [5.41, 5.74) is 8.21. The molecule has 0 spiro atoms. The minimum absolute atomic E-state index is 0.120. The second-order valence-electron chi connectivity index (χ2n) is 4.91. The summed E-state index contributed by atoms with van der Waals surface area (Å²) in [6.45, 7) is 5.12. The number of nitrogens with two attached hydrogens (primary N) is 1. The molecule has 2 aromatic heterocycles. The number of nitrogens with zero attached hydrogens (tertiary/aromatic N) is 4. The minimum Gasteiger partial charge on any atom is -0.383 e. The molecule has 0 saturated heterocycles. The van der Waals surface area contributed by atoms with E-state index in [1.165, 1.54) is 10.9 Å². The molecule has 7 heteroatoms. The van der Waals surface area contributed by atoms with Crippen molar-refractivity contribution in [1.82, 2.24) is 24.6 Å². The largest absolute Gasteiger partial charge is 0.383 e. The monoisotopic (exact) mass is 298 g/mol. The molecule has 0 saturated carbocycles. The summed E-state index contributed by atoms with van der Waals surface area (Å²) in [5.74, 6) is 0.665. The second kappa shape index (κ2) is 5.51. The van der Waals surface area contributed by atoms with Crippen molar-refractivity contribution in [1.29, 1.82) is 0 Å². The molecule has 0 aliphatic rings. The second-order valence-corrected chi connectivity index (χ2v) is 4.91. The summed E-state index contributed by atoms with van der Waals surface area (Å²) < 4.78 is 1.46. The molecule has 7 nitrogen and oxygen atoms in total. The van der Waals surface area contributed by atoms with Gasteiger partial charge in [0, 0.05) is 13.1 Å². The minimum atomic E-state index is -0.120. The van der Waals surface area contributed by atoms with Crippen molar-refractivity contribution >= 4 is 22.8 Å². The first kappa shape index (κ1) is 14.1. The molecule has 114 valence electrons. The maximum atomic E-state index is 12.4. The zero-order chi connectivity index (χ0) is 15.7. The van der Waals surface area contributed by atoms with E-state index in [1.807, 2.05) is 38.1 Å². The van der Waals surface area contributed by atoms with Gasteiger partial charge in [-0.3, -0.25) is 4.79 Å². The van der Waals surface area contributed by atoms with Crippen molar-refractivity contribution in [3.05, 3.63) is 36.0 Å². The van der Waals surface area contributed by atoms with Gasteiger partial charge in [0.25, 0.3) is 5.91 Å². The van der Waals surface area contributed by atoms with E-state index < -0.39 is 0 Å². The molecule has 0 atom stereocenters. The maximum absolute atomic E-state index is 12.4. The molecule has 3 rings (SSSR count). The van der Waals surface area contributed by atoms with Crippen LogP contribution in [0.4, 0.5) is 5.82 Å². The fourth-order valence-electron chi connectivity index (χ4n) is 2.41. The molecule has 0 aliphatic carbocycles. The highest BCUT2D eigenvalue weighted by Crippen LogP contribution is 2.19. The third kappa shape index (κ3) is 2.20. The highest BCUT2D eigenvalue weighted by Gasteiger charge is 2.21. The molecule has 1 amide bonds. The Morgan fingerprint density at radius 3 is 2.73 bits per heavy atom. The van der Waals surface area contributed by atoms with E-state index in [4.69, 9.17) is 5.73 Å². The lowest BCUT2D eigenvalue weighted by Crippen LogP contribution is -2.30. The zero-order valence-electron chi connectivity index (χ0n) is 12.6. The highest BCUT2D eigenvalue weighted by molar-refractivity contribution is 5.98. The van der Waals surface area contributed by atoms with Crippen molar-refractivity contribution in [2.75, 3.05) is 18.8 Å². The number of imidazole rings is 1.